The molecule has 0 aliphatic carbocycles. The number of aryl methyl sites for hydroxylation is 1. The number of nitrogens with zero attached hydrogens (tertiary/aromatic N) is 3. The van der Waals surface area contributed by atoms with Gasteiger partial charge in [0.05, 0.1) is 12.4 Å². The minimum Gasteiger partial charge on any atom is -0.337 e. The SMILES string of the molecule is CCNC(C#N)(CCn1ccnc1)c1ccccc1. The zero-order valence-electron chi connectivity index (χ0n) is 11.1. The van der Waals surface area contributed by atoms with E-state index < -0.39 is 5.54 Å². The Kier molecular flexibility index (Phi) is 4.32. The van der Waals surface area contributed by atoms with E-state index in [4.69, 9.17) is 0 Å². The summed E-state index contributed by atoms with van der Waals surface area (Å²) in [6, 6.07) is 12.4. The summed E-state index contributed by atoms with van der Waals surface area (Å²) in [5.74, 6) is 0. The smallest absolute Gasteiger partial charge is 0.133 e. The molecule has 0 amide bonds. The average molecular weight is 254 g/mol. The van der Waals surface area contributed by atoms with E-state index in [9.17, 15) is 5.26 Å². The van der Waals surface area contributed by atoms with Crippen LogP contribution in [0.4, 0.5) is 0 Å². The highest BCUT2D eigenvalue weighted by Gasteiger charge is 2.30. The second-order valence-electron chi connectivity index (χ2n) is 4.46. The normalized spacial score (nSPS) is 13.7. The fourth-order valence-electron chi connectivity index (χ4n) is 2.24. The van der Waals surface area contributed by atoms with E-state index in [1.807, 2.05) is 48.0 Å². The second kappa shape index (κ2) is 6.17. The molecule has 2 rings (SSSR count). The first kappa shape index (κ1) is 13.3. The van der Waals surface area contributed by atoms with Crippen molar-refractivity contribution in [2.24, 2.45) is 0 Å². The molecule has 1 heterocycles. The predicted octanol–water partition coefficient (Wildman–Crippen LogP) is 2.30. The van der Waals surface area contributed by atoms with Gasteiger partial charge in [-0.15, -0.1) is 0 Å². The van der Waals surface area contributed by atoms with Crippen LogP contribution in [-0.2, 0) is 12.1 Å². The fourth-order valence-corrected chi connectivity index (χ4v) is 2.24. The van der Waals surface area contributed by atoms with Crippen molar-refractivity contribution >= 4 is 0 Å². The van der Waals surface area contributed by atoms with Gasteiger partial charge in [-0.2, -0.15) is 5.26 Å². The third-order valence-corrected chi connectivity index (χ3v) is 3.24. The summed E-state index contributed by atoms with van der Waals surface area (Å²) in [5.41, 5.74) is 0.375. The lowest BCUT2D eigenvalue weighted by molar-refractivity contribution is 0.381. The van der Waals surface area contributed by atoms with E-state index in [0.29, 0.717) is 6.42 Å². The minimum atomic E-state index is -0.639. The quantitative estimate of drug-likeness (QED) is 0.860. The summed E-state index contributed by atoms with van der Waals surface area (Å²) in [6.45, 7) is 3.54. The maximum atomic E-state index is 9.65. The summed E-state index contributed by atoms with van der Waals surface area (Å²) < 4.78 is 1.99. The molecule has 0 fully saturated rings. The molecule has 1 aromatic carbocycles. The van der Waals surface area contributed by atoms with Crippen LogP contribution in [0.15, 0.2) is 49.1 Å². The second-order valence-corrected chi connectivity index (χ2v) is 4.46. The largest absolute Gasteiger partial charge is 0.337 e. The molecule has 1 atom stereocenters. The van der Waals surface area contributed by atoms with Gasteiger partial charge in [0.1, 0.15) is 5.54 Å². The van der Waals surface area contributed by atoms with Gasteiger partial charge in [0, 0.05) is 25.4 Å². The Morgan fingerprint density at radius 2 is 2.16 bits per heavy atom. The molecule has 1 unspecified atom stereocenters. The van der Waals surface area contributed by atoms with Crippen molar-refractivity contribution in [3.8, 4) is 6.07 Å². The Hall–Kier alpha value is -2.12. The highest BCUT2D eigenvalue weighted by Crippen LogP contribution is 2.25. The number of hydrogen-bond donors (Lipinski definition) is 1. The average Bonchev–Trinajstić information content (AvgIpc) is 2.98. The zero-order chi connectivity index (χ0) is 13.6. The Bertz CT molecular complexity index is 527. The lowest BCUT2D eigenvalue weighted by Crippen LogP contribution is -2.41. The molecular weight excluding hydrogens is 236 g/mol. The van der Waals surface area contributed by atoms with Crippen molar-refractivity contribution in [2.75, 3.05) is 6.54 Å². The Morgan fingerprint density at radius 1 is 1.37 bits per heavy atom. The van der Waals surface area contributed by atoms with Crippen LogP contribution in [-0.4, -0.2) is 16.1 Å². The summed E-state index contributed by atoms with van der Waals surface area (Å²) in [7, 11) is 0. The van der Waals surface area contributed by atoms with Gasteiger partial charge in [0.15, 0.2) is 0 Å². The highest BCUT2D eigenvalue weighted by molar-refractivity contribution is 5.31. The third-order valence-electron chi connectivity index (χ3n) is 3.24. The molecule has 4 heteroatoms. The molecule has 4 nitrogen and oxygen atoms in total. The number of nitrogens with one attached hydrogen (secondary N) is 1. The van der Waals surface area contributed by atoms with Gasteiger partial charge in [-0.3, -0.25) is 5.32 Å². The monoisotopic (exact) mass is 254 g/mol. The molecule has 0 aliphatic heterocycles. The molecule has 0 aliphatic rings. The number of imidazole rings is 1. The lowest BCUT2D eigenvalue weighted by atomic mass is 9.88. The molecule has 0 saturated heterocycles. The Balaban J connectivity index is 2.22. The summed E-state index contributed by atoms with van der Waals surface area (Å²) >= 11 is 0. The Labute approximate surface area is 113 Å². The van der Waals surface area contributed by atoms with Crippen molar-refractivity contribution in [3.05, 3.63) is 54.6 Å². The molecular formula is C15H18N4. The first-order chi connectivity index (χ1) is 9.30. The summed E-state index contributed by atoms with van der Waals surface area (Å²) in [4.78, 5) is 4.03. The highest BCUT2D eigenvalue weighted by atomic mass is 15.0. The van der Waals surface area contributed by atoms with E-state index in [-0.39, 0.29) is 0 Å². The van der Waals surface area contributed by atoms with Gasteiger partial charge in [0.2, 0.25) is 0 Å². The topological polar surface area (TPSA) is 53.6 Å². The Morgan fingerprint density at radius 3 is 2.74 bits per heavy atom. The van der Waals surface area contributed by atoms with Crippen LogP contribution < -0.4 is 5.32 Å². The van der Waals surface area contributed by atoms with E-state index in [2.05, 4.69) is 16.4 Å². The van der Waals surface area contributed by atoms with E-state index >= 15 is 0 Å². The van der Waals surface area contributed by atoms with Crippen LogP contribution >= 0.6 is 0 Å². The minimum absolute atomic E-state index is 0.639. The number of aromatic nitrogens is 2. The van der Waals surface area contributed by atoms with Gasteiger partial charge in [-0.1, -0.05) is 37.3 Å². The fraction of sp³-hybridized carbons (Fsp3) is 0.333. The maximum Gasteiger partial charge on any atom is 0.133 e. The molecule has 0 bridgehead atoms. The first-order valence-electron chi connectivity index (χ1n) is 6.48. The van der Waals surface area contributed by atoms with Crippen LogP contribution in [0.5, 0.6) is 0 Å². The molecule has 0 radical (unpaired) electrons. The summed E-state index contributed by atoms with van der Waals surface area (Å²) in [5, 5.41) is 13.0. The number of benzene rings is 1. The van der Waals surface area contributed by atoms with Crippen LogP contribution in [0.2, 0.25) is 0 Å². The molecule has 98 valence electrons. The zero-order valence-corrected chi connectivity index (χ0v) is 11.1. The van der Waals surface area contributed by atoms with Gasteiger partial charge in [-0.05, 0) is 12.1 Å². The first-order valence-corrected chi connectivity index (χ1v) is 6.48. The van der Waals surface area contributed by atoms with Crippen LogP contribution in [0.1, 0.15) is 18.9 Å². The van der Waals surface area contributed by atoms with E-state index in [1.54, 1.807) is 12.5 Å². The lowest BCUT2D eigenvalue weighted by Gasteiger charge is -2.28. The summed E-state index contributed by atoms with van der Waals surface area (Å²) in [6.07, 6.45) is 6.15. The predicted molar refractivity (Wildman–Crippen MR) is 74.3 cm³/mol. The van der Waals surface area contributed by atoms with Crippen LogP contribution in [0.25, 0.3) is 0 Å². The standard InChI is InChI=1S/C15H18N4/c1-2-18-15(12-16,14-6-4-3-5-7-14)8-10-19-11-9-17-13-19/h3-7,9,11,13,18H,2,8,10H2,1H3. The molecule has 0 saturated carbocycles. The van der Waals surface area contributed by atoms with Crippen molar-refractivity contribution < 1.29 is 0 Å². The van der Waals surface area contributed by atoms with E-state index in [0.717, 1.165) is 18.7 Å². The van der Waals surface area contributed by atoms with Crippen molar-refractivity contribution in [1.29, 1.82) is 5.26 Å². The molecule has 19 heavy (non-hydrogen) atoms. The van der Waals surface area contributed by atoms with E-state index in [1.165, 1.54) is 0 Å². The molecule has 0 spiro atoms. The maximum absolute atomic E-state index is 9.65. The van der Waals surface area contributed by atoms with Crippen molar-refractivity contribution in [2.45, 2.75) is 25.4 Å². The van der Waals surface area contributed by atoms with Gasteiger partial charge < -0.3 is 4.57 Å². The van der Waals surface area contributed by atoms with Gasteiger partial charge >= 0.3 is 0 Å². The molecule has 1 N–H and O–H groups in total. The van der Waals surface area contributed by atoms with Crippen molar-refractivity contribution in [1.82, 2.24) is 14.9 Å². The number of rotatable bonds is 6. The van der Waals surface area contributed by atoms with Crippen LogP contribution in [0.3, 0.4) is 0 Å². The number of nitriles is 1. The number of hydrogen-bond acceptors (Lipinski definition) is 3. The van der Waals surface area contributed by atoms with Gasteiger partial charge in [0.25, 0.3) is 0 Å². The molecule has 1 aromatic heterocycles. The molecule has 2 aromatic rings. The van der Waals surface area contributed by atoms with Gasteiger partial charge in [-0.25, -0.2) is 4.98 Å². The van der Waals surface area contributed by atoms with Crippen molar-refractivity contribution in [3.63, 3.8) is 0 Å². The van der Waals surface area contributed by atoms with Crippen LogP contribution in [0, 0.1) is 11.3 Å². The third kappa shape index (κ3) is 3.01.